The van der Waals surface area contributed by atoms with Gasteiger partial charge >= 0.3 is 0 Å². The minimum absolute atomic E-state index is 0.453. The van der Waals surface area contributed by atoms with Crippen LogP contribution in [0.3, 0.4) is 0 Å². The number of hydrogen-bond acceptors (Lipinski definition) is 7. The van der Waals surface area contributed by atoms with Gasteiger partial charge in [0.2, 0.25) is 11.9 Å². The summed E-state index contributed by atoms with van der Waals surface area (Å²) in [4.78, 5) is 13.7. The molecule has 0 aliphatic carbocycles. The quantitative estimate of drug-likeness (QED) is 0.335. The zero-order valence-electron chi connectivity index (χ0n) is 17.8. The van der Waals surface area contributed by atoms with Gasteiger partial charge in [-0.2, -0.15) is 20.2 Å². The molecule has 0 saturated heterocycles. The van der Waals surface area contributed by atoms with Crippen LogP contribution in [0.4, 0.5) is 23.3 Å². The highest BCUT2D eigenvalue weighted by Gasteiger charge is 2.10. The van der Waals surface area contributed by atoms with Crippen LogP contribution in [0.5, 0.6) is 0 Å². The second-order valence-electron chi connectivity index (χ2n) is 7.30. The van der Waals surface area contributed by atoms with Crippen molar-refractivity contribution in [2.45, 2.75) is 24.8 Å². The van der Waals surface area contributed by atoms with Crippen molar-refractivity contribution < 1.29 is 0 Å². The van der Waals surface area contributed by atoms with Gasteiger partial charge in [-0.15, -0.1) is 0 Å². The molecule has 3 aromatic carbocycles. The van der Waals surface area contributed by atoms with E-state index >= 15 is 0 Å². The van der Waals surface area contributed by atoms with E-state index in [0.29, 0.717) is 28.4 Å². The first-order valence-corrected chi connectivity index (χ1v) is 11.1. The lowest BCUT2D eigenvalue weighted by Gasteiger charge is -2.11. The molecular formula is C25H22N6S. The Morgan fingerprint density at radius 3 is 1.81 bits per heavy atom. The lowest BCUT2D eigenvalue weighted by molar-refractivity contribution is 0.920. The van der Waals surface area contributed by atoms with Gasteiger partial charge in [0.05, 0.1) is 11.6 Å². The van der Waals surface area contributed by atoms with Crippen molar-refractivity contribution in [2.75, 3.05) is 10.6 Å². The highest BCUT2D eigenvalue weighted by atomic mass is 32.2. The van der Waals surface area contributed by atoms with Crippen LogP contribution in [-0.2, 0) is 5.75 Å². The fraction of sp³-hybridized carbons (Fsp3) is 0.120. The van der Waals surface area contributed by atoms with Crippen molar-refractivity contribution in [1.82, 2.24) is 15.0 Å². The van der Waals surface area contributed by atoms with Gasteiger partial charge in [-0.05, 0) is 49.7 Å². The fourth-order valence-electron chi connectivity index (χ4n) is 2.96. The molecule has 4 aromatic rings. The van der Waals surface area contributed by atoms with E-state index in [1.807, 2.05) is 86.6 Å². The Hall–Kier alpha value is -3.89. The van der Waals surface area contributed by atoms with E-state index < -0.39 is 0 Å². The minimum atomic E-state index is 0.453. The monoisotopic (exact) mass is 438 g/mol. The van der Waals surface area contributed by atoms with Crippen molar-refractivity contribution in [2.24, 2.45) is 0 Å². The van der Waals surface area contributed by atoms with Crippen LogP contribution in [-0.4, -0.2) is 15.0 Å². The molecule has 32 heavy (non-hydrogen) atoms. The summed E-state index contributed by atoms with van der Waals surface area (Å²) in [7, 11) is 0. The zero-order valence-corrected chi connectivity index (χ0v) is 18.6. The number of aromatic nitrogens is 3. The van der Waals surface area contributed by atoms with Crippen LogP contribution in [0, 0.1) is 25.2 Å². The minimum Gasteiger partial charge on any atom is -0.324 e. The van der Waals surface area contributed by atoms with E-state index in [-0.39, 0.29) is 0 Å². The second-order valence-corrected chi connectivity index (χ2v) is 8.25. The molecule has 0 unspecified atom stereocenters. The molecule has 0 radical (unpaired) electrons. The van der Waals surface area contributed by atoms with E-state index in [0.717, 1.165) is 16.9 Å². The van der Waals surface area contributed by atoms with E-state index in [2.05, 4.69) is 31.7 Å². The maximum absolute atomic E-state index is 9.35. The largest absolute Gasteiger partial charge is 0.324 e. The maximum Gasteiger partial charge on any atom is 0.233 e. The molecule has 0 aliphatic heterocycles. The van der Waals surface area contributed by atoms with Crippen molar-refractivity contribution in [3.63, 3.8) is 0 Å². The van der Waals surface area contributed by atoms with Crippen LogP contribution < -0.4 is 10.6 Å². The van der Waals surface area contributed by atoms with Crippen LogP contribution in [0.15, 0.2) is 78.0 Å². The predicted octanol–water partition coefficient (Wildman–Crippen LogP) is 6.14. The number of rotatable bonds is 7. The first-order chi connectivity index (χ1) is 15.6. The van der Waals surface area contributed by atoms with E-state index in [9.17, 15) is 5.26 Å². The molecule has 4 rings (SSSR count). The van der Waals surface area contributed by atoms with Gasteiger partial charge in [-0.1, -0.05) is 65.4 Å². The summed E-state index contributed by atoms with van der Waals surface area (Å²) in [6, 6.07) is 25.9. The molecule has 7 heteroatoms. The highest BCUT2D eigenvalue weighted by molar-refractivity contribution is 7.98. The van der Waals surface area contributed by atoms with Crippen molar-refractivity contribution >= 4 is 35.0 Å². The van der Waals surface area contributed by atoms with E-state index in [1.165, 1.54) is 22.9 Å². The summed E-state index contributed by atoms with van der Waals surface area (Å²) in [5, 5.41) is 16.4. The number of thioether (sulfide) groups is 1. The zero-order chi connectivity index (χ0) is 22.3. The second kappa shape index (κ2) is 9.94. The Kier molecular flexibility index (Phi) is 6.63. The molecule has 0 bridgehead atoms. The topological polar surface area (TPSA) is 86.5 Å². The Morgan fingerprint density at radius 1 is 0.750 bits per heavy atom. The number of aryl methyl sites for hydroxylation is 2. The SMILES string of the molecule is Cc1ccc(Nc2nc(Nc3ccc(C)cc3)nc(SCc3ccccc3C#N)n2)cc1. The number of anilines is 4. The molecule has 6 nitrogen and oxygen atoms in total. The lowest BCUT2D eigenvalue weighted by atomic mass is 10.1. The fourth-order valence-corrected chi connectivity index (χ4v) is 3.80. The van der Waals surface area contributed by atoms with Crippen LogP contribution in [0.1, 0.15) is 22.3 Å². The first-order valence-electron chi connectivity index (χ1n) is 10.1. The molecule has 0 saturated carbocycles. The van der Waals surface area contributed by atoms with Gasteiger partial charge in [0, 0.05) is 17.1 Å². The molecule has 0 atom stereocenters. The molecular weight excluding hydrogens is 416 g/mol. The summed E-state index contributed by atoms with van der Waals surface area (Å²) in [6.45, 7) is 4.09. The molecule has 158 valence electrons. The maximum atomic E-state index is 9.35. The standard InChI is InChI=1S/C25H22N6S/c1-17-7-11-21(12-8-17)27-23-29-24(28-22-13-9-18(2)10-14-22)31-25(30-23)32-16-20-6-4-3-5-19(20)15-26/h3-14H,16H2,1-2H3,(H2,27,28,29,30,31). The van der Waals surface area contributed by atoms with Gasteiger partial charge in [-0.25, -0.2) is 0 Å². The van der Waals surface area contributed by atoms with Crippen molar-refractivity contribution in [1.29, 1.82) is 5.26 Å². The summed E-state index contributed by atoms with van der Waals surface area (Å²) in [5.41, 5.74) is 5.76. The Balaban J connectivity index is 1.60. The smallest absolute Gasteiger partial charge is 0.233 e. The summed E-state index contributed by atoms with van der Waals surface area (Å²) in [5.74, 6) is 1.49. The third-order valence-corrected chi connectivity index (χ3v) is 5.62. The molecule has 0 fully saturated rings. The lowest BCUT2D eigenvalue weighted by Crippen LogP contribution is -2.05. The van der Waals surface area contributed by atoms with Gasteiger partial charge < -0.3 is 10.6 Å². The summed E-state index contributed by atoms with van der Waals surface area (Å²) >= 11 is 1.46. The number of nitrogens with one attached hydrogen (secondary N) is 2. The number of hydrogen-bond donors (Lipinski definition) is 2. The van der Waals surface area contributed by atoms with E-state index in [4.69, 9.17) is 0 Å². The van der Waals surface area contributed by atoms with Gasteiger partial charge in [0.1, 0.15) is 0 Å². The predicted molar refractivity (Wildman–Crippen MR) is 129 cm³/mol. The molecule has 0 amide bonds. The number of nitriles is 1. The average molecular weight is 439 g/mol. The Morgan fingerprint density at radius 2 is 1.28 bits per heavy atom. The Bertz CT molecular complexity index is 1180. The summed E-state index contributed by atoms with van der Waals surface area (Å²) in [6.07, 6.45) is 0. The van der Waals surface area contributed by atoms with Crippen LogP contribution in [0.2, 0.25) is 0 Å². The molecule has 2 N–H and O–H groups in total. The molecule has 1 heterocycles. The van der Waals surface area contributed by atoms with E-state index in [1.54, 1.807) is 0 Å². The Labute approximate surface area is 191 Å². The number of benzene rings is 3. The van der Waals surface area contributed by atoms with Crippen molar-refractivity contribution in [3.05, 3.63) is 95.1 Å². The molecule has 0 spiro atoms. The molecule has 1 aromatic heterocycles. The van der Waals surface area contributed by atoms with Crippen LogP contribution in [0.25, 0.3) is 0 Å². The normalized spacial score (nSPS) is 10.4. The average Bonchev–Trinajstić information content (AvgIpc) is 2.81. The highest BCUT2D eigenvalue weighted by Crippen LogP contribution is 2.25. The third kappa shape index (κ3) is 5.62. The summed E-state index contributed by atoms with van der Waals surface area (Å²) < 4.78 is 0. The van der Waals surface area contributed by atoms with Gasteiger partial charge in [-0.3, -0.25) is 0 Å². The van der Waals surface area contributed by atoms with Gasteiger partial charge in [0.25, 0.3) is 0 Å². The van der Waals surface area contributed by atoms with Gasteiger partial charge in [0.15, 0.2) is 5.16 Å². The first kappa shape index (κ1) is 21.3. The van der Waals surface area contributed by atoms with Crippen molar-refractivity contribution in [3.8, 4) is 6.07 Å². The van der Waals surface area contributed by atoms with Crippen LogP contribution >= 0.6 is 11.8 Å². The third-order valence-electron chi connectivity index (χ3n) is 4.72. The number of nitrogens with zero attached hydrogens (tertiary/aromatic N) is 4. The molecule has 0 aliphatic rings.